The van der Waals surface area contributed by atoms with Gasteiger partial charge in [-0.3, -0.25) is 4.55 Å². The molecule has 0 amide bonds. The van der Waals surface area contributed by atoms with Crippen LogP contribution in [0.5, 0.6) is 0 Å². The molecule has 0 aromatic heterocycles. The molecule has 0 bridgehead atoms. The molecule has 0 aromatic carbocycles. The Labute approximate surface area is 168 Å². The molecule has 0 heterocycles. The van der Waals surface area contributed by atoms with Crippen LogP contribution in [0.15, 0.2) is 12.2 Å². The van der Waals surface area contributed by atoms with Crippen molar-refractivity contribution in [3.8, 4) is 0 Å². The molecule has 1 aliphatic carbocycles. The second kappa shape index (κ2) is 10.2. The first-order chi connectivity index (χ1) is 13.2. The first-order valence-corrected chi connectivity index (χ1v) is 10.9. The summed E-state index contributed by atoms with van der Waals surface area (Å²) in [4.78, 5) is 12.2. The van der Waals surface area contributed by atoms with Crippen molar-refractivity contribution in [2.45, 2.75) is 81.5 Å². The maximum atomic E-state index is 13.3. The van der Waals surface area contributed by atoms with Gasteiger partial charge in [-0.05, 0) is 39.0 Å². The van der Waals surface area contributed by atoms with Gasteiger partial charge in [-0.1, -0.05) is 25.8 Å². The fraction of sp³-hybridized carbons (Fsp3) is 0.833. The van der Waals surface area contributed by atoms with Gasteiger partial charge in [0.2, 0.25) is 0 Å². The molecule has 11 heteroatoms. The van der Waals surface area contributed by atoms with E-state index >= 15 is 0 Å². The predicted octanol–water partition coefficient (Wildman–Crippen LogP) is 4.50. The average molecular weight is 448 g/mol. The smallest absolute Gasteiger partial charge is 0.431 e. The molecular formula is C18H28F4O6S. The molecule has 0 aromatic rings. The Bertz CT molecular complexity index is 670. The van der Waals surface area contributed by atoms with Gasteiger partial charge < -0.3 is 9.47 Å². The van der Waals surface area contributed by atoms with Crippen LogP contribution in [0.2, 0.25) is 0 Å². The van der Waals surface area contributed by atoms with Crippen molar-refractivity contribution in [3.05, 3.63) is 12.2 Å². The highest BCUT2D eigenvalue weighted by Crippen LogP contribution is 2.41. The summed E-state index contributed by atoms with van der Waals surface area (Å²) in [5, 5.41) is -5.60. The molecule has 1 N–H and O–H groups in total. The molecule has 1 saturated carbocycles. The van der Waals surface area contributed by atoms with Gasteiger partial charge in [-0.2, -0.15) is 26.0 Å². The van der Waals surface area contributed by atoms with Crippen LogP contribution in [-0.2, 0) is 24.4 Å². The summed E-state index contributed by atoms with van der Waals surface area (Å²) in [6, 6.07) is 0. The summed E-state index contributed by atoms with van der Waals surface area (Å²) in [6.07, 6.45) is 4.46. The molecule has 0 radical (unpaired) electrons. The van der Waals surface area contributed by atoms with E-state index in [0.29, 0.717) is 0 Å². The first-order valence-electron chi connectivity index (χ1n) is 9.43. The van der Waals surface area contributed by atoms with E-state index in [1.54, 1.807) is 0 Å². The Morgan fingerprint density at radius 3 is 2.14 bits per heavy atom. The first kappa shape index (κ1) is 25.8. The lowest BCUT2D eigenvalue weighted by Crippen LogP contribution is -2.46. The number of alkyl halides is 4. The van der Waals surface area contributed by atoms with E-state index in [4.69, 9.17) is 14.0 Å². The van der Waals surface area contributed by atoms with Crippen LogP contribution < -0.4 is 0 Å². The Morgan fingerprint density at radius 1 is 1.10 bits per heavy atom. The van der Waals surface area contributed by atoms with Gasteiger partial charge in [-0.25, -0.2) is 4.79 Å². The molecule has 0 saturated heterocycles. The molecular weight excluding hydrogens is 420 g/mol. The summed E-state index contributed by atoms with van der Waals surface area (Å²) in [5.74, 6) is -5.64. The standard InChI is InChI=1S/C18H28F4O6S/c1-14(15(23)28-16(2)9-6-4-3-5-7-10-16)13-27-12-8-11-17(19,20)18(21,22)29(24,25)26/h1,3-13H2,2H3,(H,24,25,26). The Balaban J connectivity index is 2.40. The average Bonchev–Trinajstić information content (AvgIpc) is 2.57. The zero-order valence-electron chi connectivity index (χ0n) is 16.4. The summed E-state index contributed by atoms with van der Waals surface area (Å²) in [7, 11) is -6.25. The van der Waals surface area contributed by atoms with Crippen LogP contribution in [0.3, 0.4) is 0 Å². The van der Waals surface area contributed by atoms with E-state index in [2.05, 4.69) is 6.58 Å². The lowest BCUT2D eigenvalue weighted by Gasteiger charge is -2.31. The Hall–Kier alpha value is -1.20. The molecule has 0 unspecified atom stereocenters. The zero-order valence-corrected chi connectivity index (χ0v) is 17.2. The molecule has 1 aliphatic rings. The minimum absolute atomic E-state index is 0.0386. The van der Waals surface area contributed by atoms with Crippen molar-refractivity contribution >= 4 is 16.1 Å². The van der Waals surface area contributed by atoms with Crippen molar-refractivity contribution in [1.82, 2.24) is 0 Å². The number of rotatable bonds is 10. The summed E-state index contributed by atoms with van der Waals surface area (Å²) < 4.78 is 92.4. The Morgan fingerprint density at radius 2 is 1.62 bits per heavy atom. The van der Waals surface area contributed by atoms with Crippen LogP contribution in [0.4, 0.5) is 17.6 Å². The van der Waals surface area contributed by atoms with E-state index in [9.17, 15) is 30.8 Å². The highest BCUT2D eigenvalue weighted by atomic mass is 32.2. The van der Waals surface area contributed by atoms with Crippen LogP contribution >= 0.6 is 0 Å². The van der Waals surface area contributed by atoms with E-state index in [1.165, 1.54) is 0 Å². The molecule has 1 fully saturated rings. The Kier molecular flexibility index (Phi) is 9.10. The lowest BCUT2D eigenvalue weighted by molar-refractivity contribution is -0.166. The molecule has 0 spiro atoms. The maximum Gasteiger partial charge on any atom is 0.431 e. The fourth-order valence-electron chi connectivity index (χ4n) is 3.04. The third kappa shape index (κ3) is 7.53. The van der Waals surface area contributed by atoms with E-state index in [0.717, 1.165) is 44.9 Å². The van der Waals surface area contributed by atoms with Gasteiger partial charge >= 0.3 is 27.3 Å². The number of ether oxygens (including phenoxy) is 2. The second-order valence-electron chi connectivity index (χ2n) is 7.56. The number of hydrogen-bond acceptors (Lipinski definition) is 5. The fourth-order valence-corrected chi connectivity index (χ4v) is 3.52. The zero-order chi connectivity index (χ0) is 22.3. The molecule has 6 nitrogen and oxygen atoms in total. The van der Waals surface area contributed by atoms with E-state index < -0.39 is 52.3 Å². The van der Waals surface area contributed by atoms with Crippen molar-refractivity contribution < 1.29 is 44.8 Å². The quantitative estimate of drug-likeness (QED) is 0.174. The predicted molar refractivity (Wildman–Crippen MR) is 97.5 cm³/mol. The number of hydrogen-bond donors (Lipinski definition) is 1. The van der Waals surface area contributed by atoms with Crippen LogP contribution in [-0.4, -0.2) is 48.9 Å². The summed E-state index contributed by atoms with van der Waals surface area (Å²) in [6.45, 7) is 4.60. The minimum atomic E-state index is -6.25. The largest absolute Gasteiger partial charge is 0.456 e. The molecule has 0 atom stereocenters. The normalized spacial score (nSPS) is 18.6. The lowest BCUT2D eigenvalue weighted by atomic mass is 9.88. The van der Waals surface area contributed by atoms with Crippen molar-refractivity contribution in [3.63, 3.8) is 0 Å². The SMILES string of the molecule is C=C(COCCCC(F)(F)C(F)(F)S(=O)(=O)O)C(=O)OC1(C)CCCCCCC1. The van der Waals surface area contributed by atoms with Crippen molar-refractivity contribution in [2.75, 3.05) is 13.2 Å². The minimum Gasteiger partial charge on any atom is -0.456 e. The molecule has 29 heavy (non-hydrogen) atoms. The highest BCUT2D eigenvalue weighted by Gasteiger charge is 2.64. The van der Waals surface area contributed by atoms with Gasteiger partial charge in [0.25, 0.3) is 0 Å². The summed E-state index contributed by atoms with van der Waals surface area (Å²) >= 11 is 0. The van der Waals surface area contributed by atoms with Gasteiger partial charge in [0.1, 0.15) is 5.60 Å². The molecule has 1 rings (SSSR count). The van der Waals surface area contributed by atoms with Gasteiger partial charge in [0.15, 0.2) is 0 Å². The topological polar surface area (TPSA) is 89.9 Å². The maximum absolute atomic E-state index is 13.3. The molecule has 170 valence electrons. The van der Waals surface area contributed by atoms with E-state index in [1.807, 2.05) is 6.92 Å². The third-order valence-corrected chi connectivity index (χ3v) is 5.79. The summed E-state index contributed by atoms with van der Waals surface area (Å²) in [5.41, 5.74) is -0.646. The highest BCUT2D eigenvalue weighted by molar-refractivity contribution is 7.87. The van der Waals surface area contributed by atoms with Crippen LogP contribution in [0, 0.1) is 0 Å². The number of carbonyl (C=O) groups excluding carboxylic acids is 1. The number of halogens is 4. The van der Waals surface area contributed by atoms with E-state index in [-0.39, 0.29) is 12.2 Å². The van der Waals surface area contributed by atoms with Crippen LogP contribution in [0.1, 0.15) is 64.7 Å². The van der Waals surface area contributed by atoms with Gasteiger partial charge in [-0.15, -0.1) is 0 Å². The van der Waals surface area contributed by atoms with Gasteiger partial charge in [0, 0.05) is 13.0 Å². The number of esters is 1. The third-order valence-electron chi connectivity index (χ3n) is 4.84. The number of carbonyl (C=O) groups is 1. The second-order valence-corrected chi connectivity index (χ2v) is 9.03. The van der Waals surface area contributed by atoms with Crippen LogP contribution in [0.25, 0.3) is 0 Å². The van der Waals surface area contributed by atoms with Gasteiger partial charge in [0.05, 0.1) is 12.2 Å². The van der Waals surface area contributed by atoms with Crippen molar-refractivity contribution in [1.29, 1.82) is 0 Å². The van der Waals surface area contributed by atoms with Crippen molar-refractivity contribution in [2.24, 2.45) is 0 Å². The monoisotopic (exact) mass is 448 g/mol. The molecule has 0 aliphatic heterocycles.